The summed E-state index contributed by atoms with van der Waals surface area (Å²) in [4.78, 5) is 49.2. The molecule has 7 nitrogen and oxygen atoms in total. The number of amides is 4. The van der Waals surface area contributed by atoms with Crippen LogP contribution in [0, 0.1) is 29.3 Å². The Kier molecular flexibility index (Phi) is 5.48. The quantitative estimate of drug-likeness (QED) is 0.444. The van der Waals surface area contributed by atoms with Gasteiger partial charge in [-0.15, -0.1) is 0 Å². The molecule has 0 radical (unpaired) electrons. The van der Waals surface area contributed by atoms with E-state index in [4.69, 9.17) is 0 Å². The molecule has 2 aliphatic rings. The third-order valence-electron chi connectivity index (χ3n) is 4.66. The smallest absolute Gasteiger partial charge is 0.243 e. The highest BCUT2D eigenvalue weighted by molar-refractivity contribution is 6.07. The van der Waals surface area contributed by atoms with Gasteiger partial charge in [-0.05, 0) is 25.0 Å². The minimum Gasteiger partial charge on any atom is -0.345 e. The number of carbonyl (C=O) groups excluding carboxylic acids is 4. The first-order chi connectivity index (χ1) is 13.3. The topological polar surface area (TPSA) is 95.6 Å². The Balaban J connectivity index is 1.52. The lowest BCUT2D eigenvalue weighted by atomic mass is 9.85. The van der Waals surface area contributed by atoms with E-state index >= 15 is 0 Å². The van der Waals surface area contributed by atoms with Crippen molar-refractivity contribution in [2.24, 2.45) is 11.8 Å². The van der Waals surface area contributed by atoms with E-state index in [9.17, 15) is 32.3 Å². The first-order valence-corrected chi connectivity index (χ1v) is 8.50. The van der Waals surface area contributed by atoms with Gasteiger partial charge in [-0.2, -0.15) is 0 Å². The second-order valence-corrected chi connectivity index (χ2v) is 6.47. The number of halogens is 3. The summed E-state index contributed by atoms with van der Waals surface area (Å²) >= 11 is 0. The summed E-state index contributed by atoms with van der Waals surface area (Å²) in [5.41, 5.74) is -0.584. The van der Waals surface area contributed by atoms with Crippen molar-refractivity contribution < 1.29 is 32.3 Å². The Hall–Kier alpha value is -3.17. The molecule has 4 amide bonds. The average molecular weight is 395 g/mol. The molecule has 1 heterocycles. The van der Waals surface area contributed by atoms with E-state index in [2.05, 4.69) is 5.32 Å². The molecule has 1 aliphatic heterocycles. The van der Waals surface area contributed by atoms with Crippen LogP contribution in [0.4, 0.5) is 18.9 Å². The predicted molar refractivity (Wildman–Crippen MR) is 90.0 cm³/mol. The summed E-state index contributed by atoms with van der Waals surface area (Å²) in [6, 6.07) is 1.48. The van der Waals surface area contributed by atoms with E-state index in [1.807, 2.05) is 17.5 Å². The van der Waals surface area contributed by atoms with Gasteiger partial charge < -0.3 is 10.6 Å². The monoisotopic (exact) mass is 395 g/mol. The van der Waals surface area contributed by atoms with Crippen LogP contribution in [0.5, 0.6) is 0 Å². The third kappa shape index (κ3) is 3.75. The van der Waals surface area contributed by atoms with Crippen molar-refractivity contribution in [2.75, 3.05) is 18.4 Å². The Bertz CT molecular complexity index is 861. The number of benzene rings is 1. The molecule has 1 aromatic carbocycles. The van der Waals surface area contributed by atoms with Crippen molar-refractivity contribution in [3.8, 4) is 0 Å². The van der Waals surface area contributed by atoms with Crippen LogP contribution in [-0.2, 0) is 19.2 Å². The number of fused-ring (bicyclic) bond motifs is 1. The summed E-state index contributed by atoms with van der Waals surface area (Å²) in [6.07, 6.45) is 4.51. The van der Waals surface area contributed by atoms with Crippen molar-refractivity contribution in [3.63, 3.8) is 0 Å². The van der Waals surface area contributed by atoms with E-state index in [1.165, 1.54) is 0 Å². The molecule has 28 heavy (non-hydrogen) atoms. The fraction of sp³-hybridized carbons (Fsp3) is 0.333. The van der Waals surface area contributed by atoms with Gasteiger partial charge in [0.2, 0.25) is 23.6 Å². The molecule has 148 valence electrons. The van der Waals surface area contributed by atoms with Crippen molar-refractivity contribution in [1.29, 1.82) is 0 Å². The number of likely N-dealkylation sites (tertiary alicyclic amines) is 1. The summed E-state index contributed by atoms with van der Waals surface area (Å²) < 4.78 is 39.5. The van der Waals surface area contributed by atoms with Crippen LogP contribution in [0.3, 0.4) is 0 Å². The van der Waals surface area contributed by atoms with Gasteiger partial charge in [0.1, 0.15) is 6.54 Å². The third-order valence-corrected chi connectivity index (χ3v) is 4.66. The minimum absolute atomic E-state index is 0.428. The zero-order valence-corrected chi connectivity index (χ0v) is 14.5. The van der Waals surface area contributed by atoms with E-state index in [-0.39, 0.29) is 0 Å². The summed E-state index contributed by atoms with van der Waals surface area (Å²) in [5, 5.41) is 4.19. The van der Waals surface area contributed by atoms with Crippen LogP contribution < -0.4 is 10.6 Å². The molecule has 1 aromatic rings. The molecule has 0 aromatic heterocycles. The molecule has 1 fully saturated rings. The number of hydrogen-bond donors (Lipinski definition) is 2. The van der Waals surface area contributed by atoms with Crippen LogP contribution in [0.25, 0.3) is 0 Å². The highest BCUT2D eigenvalue weighted by Crippen LogP contribution is 2.34. The fourth-order valence-electron chi connectivity index (χ4n) is 3.22. The Morgan fingerprint density at radius 1 is 0.964 bits per heavy atom. The summed E-state index contributed by atoms with van der Waals surface area (Å²) in [5.74, 6) is -8.14. The minimum atomic E-state index is -1.73. The Morgan fingerprint density at radius 2 is 1.57 bits per heavy atom. The first kappa shape index (κ1) is 19.6. The van der Waals surface area contributed by atoms with Crippen LogP contribution >= 0.6 is 0 Å². The van der Waals surface area contributed by atoms with Crippen LogP contribution in [0.2, 0.25) is 0 Å². The predicted octanol–water partition coefficient (Wildman–Crippen LogP) is 1.11. The number of anilines is 1. The lowest BCUT2D eigenvalue weighted by Crippen LogP contribution is -2.43. The molecule has 1 saturated heterocycles. The zero-order valence-electron chi connectivity index (χ0n) is 14.5. The second-order valence-electron chi connectivity index (χ2n) is 6.47. The normalized spacial score (nSPS) is 20.9. The molecule has 0 unspecified atom stereocenters. The molecule has 1 aliphatic carbocycles. The summed E-state index contributed by atoms with van der Waals surface area (Å²) in [7, 11) is 0. The maximum atomic E-state index is 13.5. The second kappa shape index (κ2) is 7.83. The first-order valence-electron chi connectivity index (χ1n) is 8.50. The van der Waals surface area contributed by atoms with Crippen molar-refractivity contribution in [2.45, 2.75) is 12.8 Å². The van der Waals surface area contributed by atoms with E-state index in [0.29, 0.717) is 18.9 Å². The summed E-state index contributed by atoms with van der Waals surface area (Å²) in [6.45, 7) is -1.14. The molecule has 2 N–H and O–H groups in total. The van der Waals surface area contributed by atoms with Gasteiger partial charge in [0.15, 0.2) is 17.5 Å². The van der Waals surface area contributed by atoms with Gasteiger partial charge in [-0.25, -0.2) is 13.2 Å². The standard InChI is InChI=1S/C18H16F3N3O4/c19-11-5-6-12(16(21)15(11)20)23-13(25)7-22-14(26)8-24-17(27)9-3-1-2-4-10(9)18(24)28/h1-2,5-6,9-10H,3-4,7-8H2,(H,22,26)(H,23,25)/t9-,10-/m1/s1. The molecule has 0 spiro atoms. The van der Waals surface area contributed by atoms with Gasteiger partial charge in [0, 0.05) is 0 Å². The Morgan fingerprint density at radius 3 is 2.18 bits per heavy atom. The molecular weight excluding hydrogens is 379 g/mol. The molecule has 10 heteroatoms. The molecular formula is C18H16F3N3O4. The number of nitrogens with zero attached hydrogens (tertiary/aromatic N) is 1. The van der Waals surface area contributed by atoms with E-state index in [0.717, 1.165) is 11.0 Å². The average Bonchev–Trinajstić information content (AvgIpc) is 2.92. The molecule has 2 atom stereocenters. The van der Waals surface area contributed by atoms with Crippen molar-refractivity contribution in [1.82, 2.24) is 10.2 Å². The lowest BCUT2D eigenvalue weighted by Gasteiger charge is -2.14. The lowest BCUT2D eigenvalue weighted by molar-refractivity contribution is -0.143. The van der Waals surface area contributed by atoms with Gasteiger partial charge in [-0.3, -0.25) is 24.1 Å². The SMILES string of the molecule is O=C(CN1C(=O)[C@@H]2CC=CC[C@H]2C1=O)NCC(=O)Nc1ccc(F)c(F)c1F. The van der Waals surface area contributed by atoms with Crippen molar-refractivity contribution in [3.05, 3.63) is 41.7 Å². The highest BCUT2D eigenvalue weighted by Gasteiger charge is 2.47. The van der Waals surface area contributed by atoms with E-state index < -0.39 is 71.7 Å². The largest absolute Gasteiger partial charge is 0.345 e. The van der Waals surface area contributed by atoms with Gasteiger partial charge in [0.25, 0.3) is 0 Å². The Labute approximate surface area is 157 Å². The maximum absolute atomic E-state index is 13.5. The van der Waals surface area contributed by atoms with Crippen molar-refractivity contribution >= 4 is 29.3 Å². The van der Waals surface area contributed by atoms with Crippen LogP contribution in [0.1, 0.15) is 12.8 Å². The van der Waals surface area contributed by atoms with Crippen LogP contribution in [-0.4, -0.2) is 41.6 Å². The number of allylic oxidation sites excluding steroid dienone is 2. The fourth-order valence-corrected chi connectivity index (χ4v) is 3.22. The zero-order chi connectivity index (χ0) is 20.4. The number of carbonyl (C=O) groups is 4. The highest BCUT2D eigenvalue weighted by atomic mass is 19.2. The maximum Gasteiger partial charge on any atom is 0.243 e. The van der Waals surface area contributed by atoms with Gasteiger partial charge >= 0.3 is 0 Å². The molecule has 3 rings (SSSR count). The number of hydrogen-bond acceptors (Lipinski definition) is 4. The van der Waals surface area contributed by atoms with Crippen LogP contribution in [0.15, 0.2) is 24.3 Å². The number of imide groups is 1. The molecule has 0 saturated carbocycles. The number of rotatable bonds is 5. The van der Waals surface area contributed by atoms with E-state index in [1.54, 1.807) is 0 Å². The number of nitrogens with one attached hydrogen (secondary N) is 2. The van der Waals surface area contributed by atoms with Gasteiger partial charge in [0.05, 0.1) is 24.1 Å². The molecule has 0 bridgehead atoms. The van der Waals surface area contributed by atoms with Gasteiger partial charge in [-0.1, -0.05) is 12.2 Å².